The fraction of sp³-hybridized carbons (Fsp3) is 0.500. The van der Waals surface area contributed by atoms with Crippen LogP contribution >= 0.6 is 23.2 Å². The quantitative estimate of drug-likeness (QED) is 0.594. The minimum atomic E-state index is -0.540. The summed E-state index contributed by atoms with van der Waals surface area (Å²) in [7, 11) is 0. The van der Waals surface area contributed by atoms with Crippen molar-refractivity contribution in [3.05, 3.63) is 32.3 Å². The van der Waals surface area contributed by atoms with Crippen molar-refractivity contribution in [1.29, 1.82) is 0 Å². The highest BCUT2D eigenvalue weighted by Crippen LogP contribution is 2.34. The van der Waals surface area contributed by atoms with Crippen molar-refractivity contribution >= 4 is 34.6 Å². The number of nitrogens with zero attached hydrogens (tertiary/aromatic N) is 1. The first-order valence-electron chi connectivity index (χ1n) is 5.97. The van der Waals surface area contributed by atoms with Crippen molar-refractivity contribution in [2.45, 2.75) is 19.8 Å². The van der Waals surface area contributed by atoms with E-state index in [4.69, 9.17) is 28.3 Å². The van der Waals surface area contributed by atoms with Crippen molar-refractivity contribution in [3.63, 3.8) is 0 Å². The highest BCUT2D eigenvalue weighted by Gasteiger charge is 2.15. The Morgan fingerprint density at radius 3 is 2.42 bits per heavy atom. The van der Waals surface area contributed by atoms with Gasteiger partial charge in [-0.1, -0.05) is 36.5 Å². The van der Waals surface area contributed by atoms with E-state index in [-0.39, 0.29) is 22.3 Å². The Bertz CT molecular complexity index is 432. The first-order chi connectivity index (χ1) is 8.99. The highest BCUT2D eigenvalue weighted by molar-refractivity contribution is 6.39. The Hall–Kier alpha value is -1.04. The van der Waals surface area contributed by atoms with Gasteiger partial charge in [0.1, 0.15) is 0 Å². The summed E-state index contributed by atoms with van der Waals surface area (Å²) >= 11 is 12.0. The van der Waals surface area contributed by atoms with Crippen LogP contribution < -0.4 is 5.32 Å². The Morgan fingerprint density at radius 1 is 1.42 bits per heavy atom. The van der Waals surface area contributed by atoms with Crippen LogP contribution in [0.15, 0.2) is 12.1 Å². The zero-order valence-electron chi connectivity index (χ0n) is 10.5. The van der Waals surface area contributed by atoms with Gasteiger partial charge >= 0.3 is 0 Å². The molecule has 106 valence electrons. The third-order valence-corrected chi connectivity index (χ3v) is 3.52. The lowest BCUT2D eigenvalue weighted by Gasteiger charge is -2.16. The molecule has 0 amide bonds. The average Bonchev–Trinajstić information content (AvgIpc) is 2.36. The van der Waals surface area contributed by atoms with Gasteiger partial charge in [-0.25, -0.2) is 0 Å². The van der Waals surface area contributed by atoms with Crippen molar-refractivity contribution in [2.75, 3.05) is 18.5 Å². The molecule has 1 aromatic carbocycles. The molecule has 0 aliphatic carbocycles. The molecule has 19 heavy (non-hydrogen) atoms. The third-order valence-electron chi connectivity index (χ3n) is 2.92. The summed E-state index contributed by atoms with van der Waals surface area (Å²) in [6, 6.07) is 2.53. The van der Waals surface area contributed by atoms with E-state index in [0.717, 1.165) is 6.42 Å². The highest BCUT2D eigenvalue weighted by atomic mass is 35.5. The van der Waals surface area contributed by atoms with E-state index >= 15 is 0 Å². The fourth-order valence-corrected chi connectivity index (χ4v) is 2.32. The standard InChI is InChI=1S/C12H16Cl2N2O3/c1-2-8(3-4-17)7-15-12-10(13)5-9(16(18)19)6-11(12)14/h5-6,8,15,17H,2-4,7H2,1H3. The van der Waals surface area contributed by atoms with Crippen LogP contribution in [-0.2, 0) is 0 Å². The molecule has 1 rings (SSSR count). The monoisotopic (exact) mass is 306 g/mol. The summed E-state index contributed by atoms with van der Waals surface area (Å²) < 4.78 is 0. The molecule has 1 unspecified atom stereocenters. The SMILES string of the molecule is CCC(CCO)CNc1c(Cl)cc([N+](=O)[O-])cc1Cl. The molecule has 0 aromatic heterocycles. The lowest BCUT2D eigenvalue weighted by Crippen LogP contribution is -2.15. The van der Waals surface area contributed by atoms with Crippen molar-refractivity contribution < 1.29 is 10.0 Å². The second-order valence-electron chi connectivity index (χ2n) is 4.21. The van der Waals surface area contributed by atoms with Crippen LogP contribution in [0.5, 0.6) is 0 Å². The van der Waals surface area contributed by atoms with E-state index in [2.05, 4.69) is 5.32 Å². The summed E-state index contributed by atoms with van der Waals surface area (Å²) in [5, 5.41) is 23.1. The summed E-state index contributed by atoms with van der Waals surface area (Å²) in [5.74, 6) is 0.298. The number of non-ortho nitro benzene ring substituents is 1. The Balaban J connectivity index is 2.81. The summed E-state index contributed by atoms with van der Waals surface area (Å²) in [6.07, 6.45) is 1.60. The number of nitro groups is 1. The molecule has 5 nitrogen and oxygen atoms in total. The maximum Gasteiger partial charge on any atom is 0.272 e. The molecule has 0 aliphatic rings. The molecular formula is C12H16Cl2N2O3. The molecule has 1 aromatic rings. The summed E-state index contributed by atoms with van der Waals surface area (Å²) in [6.45, 7) is 2.76. The molecule has 2 N–H and O–H groups in total. The van der Waals surface area contributed by atoms with E-state index in [1.165, 1.54) is 12.1 Å². The second-order valence-corrected chi connectivity index (χ2v) is 5.02. The predicted octanol–water partition coefficient (Wildman–Crippen LogP) is 3.72. The molecule has 0 fully saturated rings. The van der Waals surface area contributed by atoms with E-state index < -0.39 is 4.92 Å². The van der Waals surface area contributed by atoms with Crippen molar-refractivity contribution in [1.82, 2.24) is 0 Å². The minimum Gasteiger partial charge on any atom is -0.396 e. The van der Waals surface area contributed by atoms with E-state index in [1.54, 1.807) is 0 Å². The van der Waals surface area contributed by atoms with Gasteiger partial charge in [0.2, 0.25) is 0 Å². The number of aliphatic hydroxyl groups excluding tert-OH is 1. The molecule has 0 radical (unpaired) electrons. The molecule has 0 saturated heterocycles. The Labute approximate surface area is 121 Å². The largest absolute Gasteiger partial charge is 0.396 e. The normalized spacial score (nSPS) is 12.2. The summed E-state index contributed by atoms with van der Waals surface area (Å²) in [5.41, 5.74) is 0.355. The first-order valence-corrected chi connectivity index (χ1v) is 6.73. The maximum absolute atomic E-state index is 10.7. The third kappa shape index (κ3) is 4.53. The average molecular weight is 307 g/mol. The van der Waals surface area contributed by atoms with Crippen LogP contribution in [0.2, 0.25) is 10.0 Å². The van der Waals surface area contributed by atoms with Gasteiger partial charge < -0.3 is 10.4 Å². The number of rotatable bonds is 7. The van der Waals surface area contributed by atoms with Crippen LogP contribution in [0.25, 0.3) is 0 Å². The van der Waals surface area contributed by atoms with E-state index in [0.29, 0.717) is 24.6 Å². The molecule has 0 heterocycles. The minimum absolute atomic E-state index is 0.127. The van der Waals surface area contributed by atoms with Gasteiger partial charge in [-0.05, 0) is 12.3 Å². The Morgan fingerprint density at radius 2 is 2.00 bits per heavy atom. The van der Waals surface area contributed by atoms with E-state index in [9.17, 15) is 10.1 Å². The predicted molar refractivity (Wildman–Crippen MR) is 77.1 cm³/mol. The second kappa shape index (κ2) is 7.53. The van der Waals surface area contributed by atoms with Gasteiger partial charge in [0.15, 0.2) is 0 Å². The number of hydrogen-bond donors (Lipinski definition) is 2. The Kier molecular flexibility index (Phi) is 6.34. The van der Waals surface area contributed by atoms with Crippen molar-refractivity contribution in [3.8, 4) is 0 Å². The molecule has 7 heteroatoms. The van der Waals surface area contributed by atoms with Gasteiger partial charge in [0, 0.05) is 25.3 Å². The van der Waals surface area contributed by atoms with Crippen LogP contribution in [0.1, 0.15) is 19.8 Å². The topological polar surface area (TPSA) is 75.4 Å². The van der Waals surface area contributed by atoms with Gasteiger partial charge in [-0.15, -0.1) is 0 Å². The number of halogens is 2. The van der Waals surface area contributed by atoms with Crippen LogP contribution in [0.3, 0.4) is 0 Å². The molecule has 0 bridgehead atoms. The van der Waals surface area contributed by atoms with Crippen LogP contribution in [0, 0.1) is 16.0 Å². The lowest BCUT2D eigenvalue weighted by atomic mass is 10.0. The lowest BCUT2D eigenvalue weighted by molar-refractivity contribution is -0.384. The van der Waals surface area contributed by atoms with Gasteiger partial charge in [0.25, 0.3) is 5.69 Å². The van der Waals surface area contributed by atoms with Crippen LogP contribution in [0.4, 0.5) is 11.4 Å². The number of nitrogens with one attached hydrogen (secondary N) is 1. The first kappa shape index (κ1) is 16.0. The van der Waals surface area contributed by atoms with E-state index in [1.807, 2.05) is 6.92 Å². The molecule has 0 aliphatic heterocycles. The number of benzene rings is 1. The fourth-order valence-electron chi connectivity index (χ4n) is 1.71. The number of hydrogen-bond acceptors (Lipinski definition) is 4. The zero-order chi connectivity index (χ0) is 14.4. The van der Waals surface area contributed by atoms with Gasteiger partial charge in [-0.2, -0.15) is 0 Å². The maximum atomic E-state index is 10.7. The molecule has 0 saturated carbocycles. The molecular weight excluding hydrogens is 291 g/mol. The number of nitro benzene ring substituents is 1. The summed E-state index contributed by atoms with van der Waals surface area (Å²) in [4.78, 5) is 10.1. The van der Waals surface area contributed by atoms with Gasteiger partial charge in [-0.3, -0.25) is 10.1 Å². The molecule has 1 atom stereocenters. The number of aliphatic hydroxyl groups is 1. The van der Waals surface area contributed by atoms with Crippen molar-refractivity contribution in [2.24, 2.45) is 5.92 Å². The zero-order valence-corrected chi connectivity index (χ0v) is 12.0. The smallest absolute Gasteiger partial charge is 0.272 e. The number of anilines is 1. The van der Waals surface area contributed by atoms with Gasteiger partial charge in [0.05, 0.1) is 20.7 Å². The van der Waals surface area contributed by atoms with Crippen LogP contribution in [-0.4, -0.2) is 23.2 Å². The molecule has 0 spiro atoms.